The first-order valence-corrected chi connectivity index (χ1v) is 15.7. The third-order valence-electron chi connectivity index (χ3n) is 0.223. The minimum Gasteiger partial charge on any atom is -0.317 e. The molecule has 0 heterocycles. The molecule has 0 aromatic rings. The Labute approximate surface area is 110 Å². The maximum atomic E-state index is 8.99. The smallest absolute Gasteiger partial charge is 0.0795 e. The van der Waals surface area contributed by atoms with Crippen LogP contribution >= 0.6 is 78.3 Å². The van der Waals surface area contributed by atoms with Crippen molar-refractivity contribution in [3.8, 4) is 0 Å². The first-order valence-electron chi connectivity index (χ1n) is 1.67. The van der Waals surface area contributed by atoms with Gasteiger partial charge in [-0.25, -0.2) is 0 Å². The quantitative estimate of drug-likeness (QED) is 0.360. The molecule has 0 aromatic heterocycles. The largest absolute Gasteiger partial charge is 0.317 e. The first kappa shape index (κ1) is 14.6. The average molecular weight is 433 g/mol. The van der Waals surface area contributed by atoms with Crippen molar-refractivity contribution in [1.82, 2.24) is 0 Å². The topological polar surface area (TPSA) is 20.2 Å². The van der Waals surface area contributed by atoms with Crippen molar-refractivity contribution in [2.24, 2.45) is 0 Å². The molecule has 0 rings (SSSR count). The lowest BCUT2D eigenvalue weighted by Crippen LogP contribution is -1.77. The summed E-state index contributed by atoms with van der Waals surface area (Å²) in [6, 6.07) is 0. The standard InChI is InChI=1S/HIOS9/c1-5-6-7-8-9-10-11(2,3)4/h(H,2,3,4). The van der Waals surface area contributed by atoms with E-state index in [0.29, 0.717) is 0 Å². The number of halogens is 1. The van der Waals surface area contributed by atoms with Crippen LogP contribution in [0.2, 0.25) is 0 Å². The van der Waals surface area contributed by atoms with Gasteiger partial charge in [0, 0.05) is 50.7 Å². The normalized spacial score (nSPS) is 11.8. The SMILES string of the molecule is OS(=S)(=S)SSSSSSI. The van der Waals surface area contributed by atoms with Crippen LogP contribution in [-0.4, -0.2) is 4.55 Å². The molecule has 11 heteroatoms. The molecular weight excluding hydrogens is 432 g/mol. The van der Waals surface area contributed by atoms with E-state index in [-0.39, 0.29) is 0 Å². The first-order chi connectivity index (χ1) is 5.06. The van der Waals surface area contributed by atoms with Gasteiger partial charge in [-0.3, -0.25) is 0 Å². The van der Waals surface area contributed by atoms with Gasteiger partial charge >= 0.3 is 0 Å². The maximum absolute atomic E-state index is 8.99. The maximum Gasteiger partial charge on any atom is 0.0795 e. The third kappa shape index (κ3) is 13.6. The van der Waals surface area contributed by atoms with Crippen LogP contribution in [0.15, 0.2) is 0 Å². The molecule has 0 saturated heterocycles. The van der Waals surface area contributed by atoms with Crippen molar-refractivity contribution < 1.29 is 4.55 Å². The van der Waals surface area contributed by atoms with E-state index in [1.165, 1.54) is 19.7 Å². The summed E-state index contributed by atoms with van der Waals surface area (Å²) in [6.07, 6.45) is 0. The van der Waals surface area contributed by atoms with Gasteiger partial charge in [-0.15, -0.1) is 0 Å². The molecule has 0 aliphatic rings. The van der Waals surface area contributed by atoms with E-state index in [0.717, 1.165) is 0 Å². The molecule has 0 aliphatic heterocycles. The monoisotopic (exact) mass is 432 g/mol. The van der Waals surface area contributed by atoms with Crippen molar-refractivity contribution >= 4 is 107 Å². The Morgan fingerprint density at radius 1 is 1.09 bits per heavy atom. The molecule has 0 saturated carbocycles. The fraction of sp³-hybridized carbons (Fsp3) is 0. The van der Waals surface area contributed by atoms with Gasteiger partial charge in [0.25, 0.3) is 0 Å². The Kier molecular flexibility index (Phi) is 11.7. The fourth-order valence-corrected chi connectivity index (χ4v) is 20.5. The van der Waals surface area contributed by atoms with E-state index in [9.17, 15) is 0 Å². The van der Waals surface area contributed by atoms with Crippen molar-refractivity contribution in [2.75, 3.05) is 0 Å². The van der Waals surface area contributed by atoms with Gasteiger partial charge in [-0.2, -0.15) is 0 Å². The summed E-state index contributed by atoms with van der Waals surface area (Å²) in [6.45, 7) is -2.22. The molecule has 0 aliphatic carbocycles. The van der Waals surface area contributed by atoms with Gasteiger partial charge in [-0.1, -0.05) is 0 Å². The molecule has 0 radical (unpaired) electrons. The van der Waals surface area contributed by atoms with E-state index in [2.05, 4.69) is 43.6 Å². The minimum atomic E-state index is -2.22. The van der Waals surface area contributed by atoms with E-state index in [1.54, 1.807) is 37.4 Å². The summed E-state index contributed by atoms with van der Waals surface area (Å²) in [5, 5.41) is 0. The second kappa shape index (κ2) is 8.85. The van der Waals surface area contributed by atoms with Crippen molar-refractivity contribution in [3.05, 3.63) is 0 Å². The molecule has 0 aromatic carbocycles. The Balaban J connectivity index is 3.16. The predicted molar refractivity (Wildman–Crippen MR) is 84.3 cm³/mol. The van der Waals surface area contributed by atoms with E-state index in [4.69, 9.17) is 4.55 Å². The molecule has 11 heavy (non-hydrogen) atoms. The Bertz CT molecular complexity index is 168. The summed E-state index contributed by atoms with van der Waals surface area (Å²) in [7, 11) is 9.15. The van der Waals surface area contributed by atoms with Crippen LogP contribution in [0.1, 0.15) is 0 Å². The van der Waals surface area contributed by atoms with Crippen molar-refractivity contribution in [2.45, 2.75) is 0 Å². The molecule has 0 fully saturated rings. The summed E-state index contributed by atoms with van der Waals surface area (Å²) < 4.78 is 8.99. The summed E-state index contributed by atoms with van der Waals surface area (Å²) >= 11 is 11.4. The molecule has 1 nitrogen and oxygen atoms in total. The van der Waals surface area contributed by atoms with Gasteiger partial charge in [0.2, 0.25) is 0 Å². The summed E-state index contributed by atoms with van der Waals surface area (Å²) in [4.78, 5) is 0. The van der Waals surface area contributed by atoms with Gasteiger partial charge in [-0.05, 0) is 50.0 Å². The zero-order valence-corrected chi connectivity index (χ0v) is 14.0. The highest BCUT2D eigenvalue weighted by Gasteiger charge is 1.98. The molecule has 0 unspecified atom stereocenters. The zero-order chi connectivity index (χ0) is 8.74. The predicted octanol–water partition coefficient (Wildman–Crippen LogP) is 4.78. The summed E-state index contributed by atoms with van der Waals surface area (Å²) in [5.41, 5.74) is 0. The van der Waals surface area contributed by atoms with E-state index in [1.807, 2.05) is 0 Å². The lowest BCUT2D eigenvalue weighted by molar-refractivity contribution is 0.668. The van der Waals surface area contributed by atoms with E-state index < -0.39 is 6.46 Å². The van der Waals surface area contributed by atoms with Gasteiger partial charge in [0.1, 0.15) is 0 Å². The highest BCUT2D eigenvalue weighted by molar-refractivity contribution is 14.2. The Morgan fingerprint density at radius 3 is 2.09 bits per heavy atom. The van der Waals surface area contributed by atoms with Crippen molar-refractivity contribution in [1.29, 1.82) is 0 Å². The van der Waals surface area contributed by atoms with Gasteiger partial charge in [0.05, 0.1) is 6.46 Å². The molecule has 0 atom stereocenters. The van der Waals surface area contributed by atoms with Crippen LogP contribution in [0.5, 0.6) is 0 Å². The van der Waals surface area contributed by atoms with Crippen LogP contribution in [-0.2, 0) is 28.8 Å². The van der Waals surface area contributed by atoms with E-state index >= 15 is 0 Å². The van der Waals surface area contributed by atoms with Crippen molar-refractivity contribution in [3.63, 3.8) is 0 Å². The Hall–Kier alpha value is 3.58. The lowest BCUT2D eigenvalue weighted by atomic mass is 15.9. The van der Waals surface area contributed by atoms with Crippen LogP contribution in [0, 0.1) is 0 Å². The second-order valence-corrected chi connectivity index (χ2v) is 20.5. The zero-order valence-electron chi connectivity index (χ0n) is 4.50. The van der Waals surface area contributed by atoms with Gasteiger partial charge in [0.15, 0.2) is 0 Å². The fourth-order valence-electron chi connectivity index (χ4n) is 0.0796. The highest BCUT2D eigenvalue weighted by Crippen LogP contribution is 2.54. The molecule has 0 bridgehead atoms. The number of hydrogen-bond acceptors (Lipinski definition) is 8. The van der Waals surface area contributed by atoms with Gasteiger partial charge < -0.3 is 4.55 Å². The van der Waals surface area contributed by atoms with Crippen LogP contribution in [0.3, 0.4) is 0 Å². The molecule has 0 spiro atoms. The summed E-state index contributed by atoms with van der Waals surface area (Å²) in [5.74, 6) is 0. The van der Waals surface area contributed by atoms with Crippen LogP contribution in [0.25, 0.3) is 0 Å². The molecule has 68 valence electrons. The molecular formula is HIOS9. The molecule has 0 amide bonds. The van der Waals surface area contributed by atoms with Crippen LogP contribution in [0.4, 0.5) is 0 Å². The lowest BCUT2D eigenvalue weighted by Gasteiger charge is -1.97. The number of hydrogen-bond donors (Lipinski definition) is 1. The third-order valence-corrected chi connectivity index (χ3v) is 19.0. The highest BCUT2D eigenvalue weighted by atomic mass is 127. The average Bonchev–Trinajstić information content (AvgIpc) is 1.85. The second-order valence-electron chi connectivity index (χ2n) is 0.831. The Morgan fingerprint density at radius 2 is 1.64 bits per heavy atom. The van der Waals surface area contributed by atoms with Crippen LogP contribution < -0.4 is 0 Å². The minimum absolute atomic E-state index is 1.19. The molecule has 1 N–H and O–H groups in total. The number of rotatable bonds is 6.